The molecule has 4 heteroatoms. The summed E-state index contributed by atoms with van der Waals surface area (Å²) in [6, 6.07) is 0. The van der Waals surface area contributed by atoms with Crippen molar-refractivity contribution >= 4 is 17.2 Å². The molecule has 2 aromatic rings. The van der Waals surface area contributed by atoms with E-state index in [0.29, 0.717) is 5.69 Å². The molecule has 0 aromatic carbocycles. The van der Waals surface area contributed by atoms with E-state index in [-0.39, 0.29) is 0 Å². The van der Waals surface area contributed by atoms with Gasteiger partial charge in [-0.05, 0) is 0 Å². The first kappa shape index (κ1) is 5.22. The van der Waals surface area contributed by atoms with E-state index in [1.165, 1.54) is 0 Å². The number of hydrogen-bond donors (Lipinski definition) is 2. The molecule has 2 aromatic heterocycles. The van der Waals surface area contributed by atoms with Crippen molar-refractivity contribution in [1.82, 2.24) is 15.2 Å². The van der Waals surface area contributed by atoms with Crippen molar-refractivity contribution < 1.29 is 4.79 Å². The largest absolute Gasteiger partial charge is 0.357 e. The second-order valence-corrected chi connectivity index (χ2v) is 2.02. The molecule has 0 aliphatic rings. The Bertz CT molecular complexity index is 360. The van der Waals surface area contributed by atoms with E-state index in [0.717, 1.165) is 17.2 Å². The number of carbonyl (C=O) groups is 1. The first-order chi connectivity index (χ1) is 4.92. The van der Waals surface area contributed by atoms with Gasteiger partial charge in [0.15, 0.2) is 6.29 Å². The Kier molecular flexibility index (Phi) is 0.887. The summed E-state index contributed by atoms with van der Waals surface area (Å²) in [5.74, 6) is 0. The van der Waals surface area contributed by atoms with Crippen molar-refractivity contribution in [3.8, 4) is 0 Å². The van der Waals surface area contributed by atoms with Crippen molar-refractivity contribution in [1.29, 1.82) is 0 Å². The maximum absolute atomic E-state index is 10.3. The van der Waals surface area contributed by atoms with Crippen LogP contribution < -0.4 is 0 Å². The molecule has 0 atom stereocenters. The minimum Gasteiger partial charge on any atom is -0.357 e. The normalized spacial score (nSPS) is 10.4. The van der Waals surface area contributed by atoms with E-state index in [1.807, 2.05) is 0 Å². The summed E-state index contributed by atoms with van der Waals surface area (Å²) in [4.78, 5) is 13.1. The number of aldehydes is 1. The van der Waals surface area contributed by atoms with Crippen LogP contribution in [0, 0.1) is 0 Å². The fourth-order valence-corrected chi connectivity index (χ4v) is 0.941. The fraction of sp³-hybridized carbons (Fsp3) is 0. The molecule has 50 valence electrons. The molecule has 0 aliphatic carbocycles. The summed E-state index contributed by atoms with van der Waals surface area (Å²) >= 11 is 0. The Morgan fingerprint density at radius 3 is 3.30 bits per heavy atom. The van der Waals surface area contributed by atoms with Crippen molar-refractivity contribution in [3.05, 3.63) is 18.1 Å². The number of nitrogens with zero attached hydrogens (tertiary/aromatic N) is 1. The predicted octanol–water partition coefficient (Wildman–Crippen LogP) is 0.703. The number of aromatic amines is 2. The standard InChI is InChI=1S/C6H5N3O/c10-3-5-6-4(1-7-5)2-8-9-6/h1-3,7,9H. The third-order valence-electron chi connectivity index (χ3n) is 1.44. The fourth-order valence-electron chi connectivity index (χ4n) is 0.941. The van der Waals surface area contributed by atoms with E-state index in [4.69, 9.17) is 0 Å². The van der Waals surface area contributed by atoms with Gasteiger partial charge in [-0.15, -0.1) is 0 Å². The van der Waals surface area contributed by atoms with Gasteiger partial charge in [0.1, 0.15) is 5.69 Å². The summed E-state index contributed by atoms with van der Waals surface area (Å²) in [6.07, 6.45) is 4.17. The molecule has 0 saturated heterocycles. The van der Waals surface area contributed by atoms with Crippen LogP contribution in [-0.4, -0.2) is 21.5 Å². The molecule has 4 nitrogen and oxygen atoms in total. The minimum atomic E-state index is 0.549. The number of fused-ring (bicyclic) bond motifs is 1. The van der Waals surface area contributed by atoms with E-state index >= 15 is 0 Å². The average Bonchev–Trinajstić information content (AvgIpc) is 2.44. The molecule has 0 fully saturated rings. The van der Waals surface area contributed by atoms with Gasteiger partial charge in [0.25, 0.3) is 0 Å². The molecule has 2 rings (SSSR count). The quantitative estimate of drug-likeness (QED) is 0.565. The summed E-state index contributed by atoms with van der Waals surface area (Å²) in [6.45, 7) is 0. The van der Waals surface area contributed by atoms with Crippen LogP contribution in [0.1, 0.15) is 10.5 Å². The van der Waals surface area contributed by atoms with Crippen LogP contribution in [0.2, 0.25) is 0 Å². The van der Waals surface area contributed by atoms with E-state index in [9.17, 15) is 4.79 Å². The highest BCUT2D eigenvalue weighted by atomic mass is 16.1. The van der Waals surface area contributed by atoms with Crippen molar-refractivity contribution in [2.75, 3.05) is 0 Å². The van der Waals surface area contributed by atoms with Gasteiger partial charge in [-0.2, -0.15) is 5.10 Å². The Morgan fingerprint density at radius 2 is 2.50 bits per heavy atom. The molecule has 0 amide bonds. The summed E-state index contributed by atoms with van der Waals surface area (Å²) < 4.78 is 0. The van der Waals surface area contributed by atoms with Gasteiger partial charge in [0.05, 0.1) is 11.7 Å². The topological polar surface area (TPSA) is 61.5 Å². The first-order valence-electron chi connectivity index (χ1n) is 2.87. The summed E-state index contributed by atoms with van der Waals surface area (Å²) in [5.41, 5.74) is 1.32. The van der Waals surface area contributed by atoms with Gasteiger partial charge < -0.3 is 4.98 Å². The molecule has 2 N–H and O–H groups in total. The average molecular weight is 135 g/mol. The number of rotatable bonds is 1. The van der Waals surface area contributed by atoms with Crippen LogP contribution in [0.4, 0.5) is 0 Å². The van der Waals surface area contributed by atoms with Gasteiger partial charge in [0, 0.05) is 11.6 Å². The van der Waals surface area contributed by atoms with Gasteiger partial charge in [-0.25, -0.2) is 0 Å². The zero-order valence-electron chi connectivity index (χ0n) is 5.09. The Hall–Kier alpha value is -1.58. The molecule has 0 unspecified atom stereocenters. The van der Waals surface area contributed by atoms with Gasteiger partial charge in [0.2, 0.25) is 0 Å². The Morgan fingerprint density at radius 1 is 1.60 bits per heavy atom. The van der Waals surface area contributed by atoms with Crippen molar-refractivity contribution in [3.63, 3.8) is 0 Å². The molecule has 0 spiro atoms. The third kappa shape index (κ3) is 0.500. The van der Waals surface area contributed by atoms with Crippen molar-refractivity contribution in [2.24, 2.45) is 0 Å². The predicted molar refractivity (Wildman–Crippen MR) is 35.8 cm³/mol. The van der Waals surface area contributed by atoms with Crippen molar-refractivity contribution in [2.45, 2.75) is 0 Å². The molecular weight excluding hydrogens is 130 g/mol. The zero-order chi connectivity index (χ0) is 6.97. The van der Waals surface area contributed by atoms with Gasteiger partial charge >= 0.3 is 0 Å². The lowest BCUT2D eigenvalue weighted by molar-refractivity contribution is 0.112. The number of aromatic nitrogens is 3. The van der Waals surface area contributed by atoms with Crippen LogP contribution in [0.5, 0.6) is 0 Å². The lowest BCUT2D eigenvalue weighted by atomic mass is 10.4. The SMILES string of the molecule is O=Cc1[nH]cc2cn[nH]c12. The maximum Gasteiger partial charge on any atom is 0.168 e. The maximum atomic E-state index is 10.3. The number of nitrogens with one attached hydrogen (secondary N) is 2. The Balaban J connectivity index is 2.88. The van der Waals surface area contributed by atoms with Gasteiger partial charge in [-0.1, -0.05) is 0 Å². The summed E-state index contributed by atoms with van der Waals surface area (Å²) in [7, 11) is 0. The molecular formula is C6H5N3O. The first-order valence-corrected chi connectivity index (χ1v) is 2.87. The monoisotopic (exact) mass is 135 g/mol. The number of carbonyl (C=O) groups excluding carboxylic acids is 1. The van der Waals surface area contributed by atoms with E-state index < -0.39 is 0 Å². The molecule has 0 aliphatic heterocycles. The van der Waals surface area contributed by atoms with E-state index in [1.54, 1.807) is 12.4 Å². The lowest BCUT2D eigenvalue weighted by Gasteiger charge is -1.77. The highest BCUT2D eigenvalue weighted by molar-refractivity contribution is 5.94. The highest BCUT2D eigenvalue weighted by Gasteiger charge is 2.01. The Labute approximate surface area is 56.2 Å². The number of hydrogen-bond acceptors (Lipinski definition) is 2. The second-order valence-electron chi connectivity index (χ2n) is 2.02. The molecule has 0 saturated carbocycles. The molecule has 0 radical (unpaired) electrons. The number of H-pyrrole nitrogens is 2. The van der Waals surface area contributed by atoms with E-state index in [2.05, 4.69) is 15.2 Å². The zero-order valence-corrected chi connectivity index (χ0v) is 5.09. The van der Waals surface area contributed by atoms with Gasteiger partial charge in [-0.3, -0.25) is 9.89 Å². The van der Waals surface area contributed by atoms with Crippen LogP contribution >= 0.6 is 0 Å². The highest BCUT2D eigenvalue weighted by Crippen LogP contribution is 2.11. The minimum absolute atomic E-state index is 0.549. The van der Waals surface area contributed by atoms with Crippen LogP contribution in [0.3, 0.4) is 0 Å². The second kappa shape index (κ2) is 1.70. The summed E-state index contributed by atoms with van der Waals surface area (Å²) in [5, 5.41) is 7.41. The lowest BCUT2D eigenvalue weighted by Crippen LogP contribution is -1.78. The van der Waals surface area contributed by atoms with Crippen LogP contribution in [-0.2, 0) is 0 Å². The third-order valence-corrected chi connectivity index (χ3v) is 1.44. The molecule has 2 heterocycles. The smallest absolute Gasteiger partial charge is 0.168 e. The molecule has 0 bridgehead atoms. The van der Waals surface area contributed by atoms with Crippen LogP contribution in [0.15, 0.2) is 12.4 Å². The van der Waals surface area contributed by atoms with Crippen LogP contribution in [0.25, 0.3) is 10.9 Å². The molecule has 10 heavy (non-hydrogen) atoms.